The SMILES string of the molecule is CN(CC(=O)O)CC1CN(C(=O)CCCOc2ccccc2Cl)CCO1. The van der Waals surface area contributed by atoms with Crippen LogP contribution in [0.15, 0.2) is 24.3 Å². The number of carbonyl (C=O) groups excluding carboxylic acids is 1. The van der Waals surface area contributed by atoms with Crippen LogP contribution in [0.2, 0.25) is 5.02 Å². The standard InChI is InChI=1S/C18H25ClN2O5/c1-20(13-18(23)24)11-14-12-21(8-10-25-14)17(22)7-4-9-26-16-6-3-2-5-15(16)19/h2-3,5-6,14H,4,7-13H2,1H3,(H,23,24). The molecule has 1 aromatic rings. The first-order valence-electron chi connectivity index (χ1n) is 8.62. The molecule has 0 bridgehead atoms. The van der Waals surface area contributed by atoms with Crippen LogP contribution in [-0.4, -0.2) is 79.3 Å². The Morgan fingerprint density at radius 3 is 2.92 bits per heavy atom. The van der Waals surface area contributed by atoms with E-state index in [1.165, 1.54) is 0 Å². The van der Waals surface area contributed by atoms with Crippen LogP contribution in [0.3, 0.4) is 0 Å². The minimum absolute atomic E-state index is 0.0484. The minimum atomic E-state index is -0.880. The maximum absolute atomic E-state index is 12.4. The Balaban J connectivity index is 1.69. The molecule has 2 rings (SSSR count). The second-order valence-corrected chi connectivity index (χ2v) is 6.71. The van der Waals surface area contributed by atoms with E-state index in [1.54, 1.807) is 29.0 Å². The van der Waals surface area contributed by atoms with Crippen molar-refractivity contribution in [2.75, 3.05) is 46.4 Å². The Bertz CT molecular complexity index is 613. The van der Waals surface area contributed by atoms with Crippen molar-refractivity contribution in [2.45, 2.75) is 18.9 Å². The summed E-state index contributed by atoms with van der Waals surface area (Å²) in [7, 11) is 1.73. The molecule has 1 saturated heterocycles. The van der Waals surface area contributed by atoms with Crippen LogP contribution in [0, 0.1) is 0 Å². The number of likely N-dealkylation sites (N-methyl/N-ethyl adjacent to an activating group) is 1. The first kappa shape index (κ1) is 20.5. The lowest BCUT2D eigenvalue weighted by Crippen LogP contribution is -2.49. The first-order valence-corrected chi connectivity index (χ1v) is 9.00. The number of carboxylic acid groups (broad SMARTS) is 1. The lowest BCUT2D eigenvalue weighted by atomic mass is 10.2. The molecule has 1 aliphatic rings. The number of hydrogen-bond donors (Lipinski definition) is 1. The van der Waals surface area contributed by atoms with Crippen LogP contribution >= 0.6 is 11.6 Å². The van der Waals surface area contributed by atoms with Gasteiger partial charge in [-0.2, -0.15) is 0 Å². The van der Waals surface area contributed by atoms with Crippen molar-refractivity contribution >= 4 is 23.5 Å². The van der Waals surface area contributed by atoms with Crippen molar-refractivity contribution < 1.29 is 24.2 Å². The summed E-state index contributed by atoms with van der Waals surface area (Å²) in [6.07, 6.45) is 0.823. The summed E-state index contributed by atoms with van der Waals surface area (Å²) in [4.78, 5) is 26.5. The van der Waals surface area contributed by atoms with Gasteiger partial charge in [0, 0.05) is 26.1 Å². The van der Waals surface area contributed by atoms with Gasteiger partial charge in [-0.3, -0.25) is 14.5 Å². The predicted molar refractivity (Wildman–Crippen MR) is 97.6 cm³/mol. The molecule has 0 spiro atoms. The predicted octanol–water partition coefficient (Wildman–Crippen LogP) is 1.74. The van der Waals surface area contributed by atoms with Crippen LogP contribution < -0.4 is 4.74 Å². The molecule has 7 nitrogen and oxygen atoms in total. The highest BCUT2D eigenvalue weighted by Crippen LogP contribution is 2.23. The van der Waals surface area contributed by atoms with E-state index >= 15 is 0 Å². The summed E-state index contributed by atoms with van der Waals surface area (Å²) in [5.41, 5.74) is 0. The van der Waals surface area contributed by atoms with E-state index in [4.69, 9.17) is 26.2 Å². The summed E-state index contributed by atoms with van der Waals surface area (Å²) in [5.74, 6) is -0.203. The van der Waals surface area contributed by atoms with E-state index in [0.717, 1.165) is 0 Å². The van der Waals surface area contributed by atoms with Gasteiger partial charge in [-0.15, -0.1) is 0 Å². The van der Waals surface area contributed by atoms with Gasteiger partial charge in [0.25, 0.3) is 0 Å². The molecule has 1 heterocycles. The molecule has 1 unspecified atom stereocenters. The zero-order chi connectivity index (χ0) is 18.9. The van der Waals surface area contributed by atoms with Gasteiger partial charge >= 0.3 is 5.97 Å². The second kappa shape index (κ2) is 10.4. The van der Waals surface area contributed by atoms with Gasteiger partial charge in [-0.05, 0) is 25.6 Å². The number of carboxylic acids is 1. The van der Waals surface area contributed by atoms with E-state index in [-0.39, 0.29) is 18.6 Å². The molecule has 1 atom stereocenters. The molecule has 0 aliphatic carbocycles. The number of ether oxygens (including phenoxy) is 2. The Morgan fingerprint density at radius 2 is 2.19 bits per heavy atom. The van der Waals surface area contributed by atoms with Gasteiger partial charge in [-0.25, -0.2) is 0 Å². The van der Waals surface area contributed by atoms with Crippen molar-refractivity contribution in [3.8, 4) is 5.75 Å². The molecule has 1 aliphatic heterocycles. The zero-order valence-electron chi connectivity index (χ0n) is 14.9. The van der Waals surface area contributed by atoms with E-state index in [1.807, 2.05) is 12.1 Å². The highest BCUT2D eigenvalue weighted by atomic mass is 35.5. The number of benzene rings is 1. The Kier molecular flexibility index (Phi) is 8.15. The summed E-state index contributed by atoms with van der Waals surface area (Å²) in [5, 5.41) is 9.36. The van der Waals surface area contributed by atoms with Crippen LogP contribution in [0.1, 0.15) is 12.8 Å². The number of aliphatic carboxylic acids is 1. The summed E-state index contributed by atoms with van der Waals surface area (Å²) >= 11 is 6.02. The number of halogens is 1. The third-order valence-corrected chi connectivity index (χ3v) is 4.35. The number of hydrogen-bond acceptors (Lipinski definition) is 5. The Labute approximate surface area is 158 Å². The number of nitrogens with zero attached hydrogens (tertiary/aromatic N) is 2. The molecule has 0 aromatic heterocycles. The molecule has 8 heteroatoms. The fraction of sp³-hybridized carbons (Fsp3) is 0.556. The van der Waals surface area contributed by atoms with Gasteiger partial charge in [-0.1, -0.05) is 23.7 Å². The minimum Gasteiger partial charge on any atom is -0.492 e. The average Bonchev–Trinajstić information content (AvgIpc) is 2.59. The van der Waals surface area contributed by atoms with Gasteiger partial charge < -0.3 is 19.5 Å². The molecule has 1 N–H and O–H groups in total. The van der Waals surface area contributed by atoms with Gasteiger partial charge in [0.1, 0.15) is 5.75 Å². The summed E-state index contributed by atoms with van der Waals surface area (Å²) < 4.78 is 11.2. The molecular weight excluding hydrogens is 360 g/mol. The Hall–Kier alpha value is -1.83. The molecule has 144 valence electrons. The van der Waals surface area contributed by atoms with Crippen LogP contribution in [0.25, 0.3) is 0 Å². The zero-order valence-corrected chi connectivity index (χ0v) is 15.7. The normalized spacial score (nSPS) is 17.3. The number of carbonyl (C=O) groups is 2. The second-order valence-electron chi connectivity index (χ2n) is 6.31. The van der Waals surface area contributed by atoms with Crippen molar-refractivity contribution in [1.29, 1.82) is 0 Å². The number of para-hydroxylation sites is 1. The molecular formula is C18H25ClN2O5. The van der Waals surface area contributed by atoms with Crippen molar-refractivity contribution in [1.82, 2.24) is 9.80 Å². The van der Waals surface area contributed by atoms with Gasteiger partial charge in [0.2, 0.25) is 5.91 Å². The quantitative estimate of drug-likeness (QED) is 0.653. The third kappa shape index (κ3) is 6.82. The van der Waals surface area contributed by atoms with Crippen molar-refractivity contribution in [3.63, 3.8) is 0 Å². The fourth-order valence-corrected chi connectivity index (χ4v) is 3.02. The van der Waals surface area contributed by atoms with E-state index < -0.39 is 5.97 Å². The molecule has 0 radical (unpaired) electrons. The highest BCUT2D eigenvalue weighted by molar-refractivity contribution is 6.32. The smallest absolute Gasteiger partial charge is 0.317 e. The molecule has 1 aromatic carbocycles. The van der Waals surface area contributed by atoms with Crippen LogP contribution in [-0.2, 0) is 14.3 Å². The maximum Gasteiger partial charge on any atom is 0.317 e. The molecule has 1 fully saturated rings. The lowest BCUT2D eigenvalue weighted by Gasteiger charge is -2.34. The Morgan fingerprint density at radius 1 is 1.42 bits per heavy atom. The van der Waals surface area contributed by atoms with Crippen molar-refractivity contribution in [3.05, 3.63) is 29.3 Å². The number of morpholine rings is 1. The van der Waals surface area contributed by atoms with Gasteiger partial charge in [0.05, 0.1) is 30.9 Å². The van der Waals surface area contributed by atoms with Crippen LogP contribution in [0.4, 0.5) is 0 Å². The first-order chi connectivity index (χ1) is 12.5. The molecule has 26 heavy (non-hydrogen) atoms. The van der Waals surface area contributed by atoms with Crippen LogP contribution in [0.5, 0.6) is 5.75 Å². The fourth-order valence-electron chi connectivity index (χ4n) is 2.82. The lowest BCUT2D eigenvalue weighted by molar-refractivity contribution is -0.142. The van der Waals surface area contributed by atoms with E-state index in [9.17, 15) is 9.59 Å². The van der Waals surface area contributed by atoms with Gasteiger partial charge in [0.15, 0.2) is 0 Å². The van der Waals surface area contributed by atoms with Crippen molar-refractivity contribution in [2.24, 2.45) is 0 Å². The monoisotopic (exact) mass is 384 g/mol. The molecule has 0 saturated carbocycles. The van der Waals surface area contributed by atoms with E-state index in [2.05, 4.69) is 0 Å². The van der Waals surface area contributed by atoms with E-state index in [0.29, 0.717) is 56.5 Å². The largest absolute Gasteiger partial charge is 0.492 e. The average molecular weight is 385 g/mol. The summed E-state index contributed by atoms with van der Waals surface area (Å²) in [6.45, 7) is 2.36. The third-order valence-electron chi connectivity index (χ3n) is 4.04. The maximum atomic E-state index is 12.4. The highest BCUT2D eigenvalue weighted by Gasteiger charge is 2.25. The number of rotatable bonds is 9. The summed E-state index contributed by atoms with van der Waals surface area (Å²) in [6, 6.07) is 7.24. The number of amides is 1. The topological polar surface area (TPSA) is 79.3 Å². The molecule has 1 amide bonds.